The van der Waals surface area contributed by atoms with Crippen LogP contribution in [0.5, 0.6) is 0 Å². The molecule has 0 saturated carbocycles. The topological polar surface area (TPSA) is 51.9 Å². The second-order valence-electron chi connectivity index (χ2n) is 7.26. The highest BCUT2D eigenvalue weighted by Gasteiger charge is 2.09. The summed E-state index contributed by atoms with van der Waals surface area (Å²) in [6.07, 6.45) is 2.90. The van der Waals surface area contributed by atoms with Gasteiger partial charge in [-0.2, -0.15) is 0 Å². The lowest BCUT2D eigenvalue weighted by atomic mass is 10.1. The van der Waals surface area contributed by atoms with Crippen molar-refractivity contribution in [3.8, 4) is 0 Å². The number of aromatic nitrogens is 3. The molecule has 4 aromatic rings. The summed E-state index contributed by atoms with van der Waals surface area (Å²) >= 11 is 0. The van der Waals surface area contributed by atoms with Crippen LogP contribution in [-0.4, -0.2) is 14.1 Å². The van der Waals surface area contributed by atoms with Gasteiger partial charge in [0, 0.05) is 25.4 Å². The fraction of sp³-hybridized carbons (Fsp3) is 0.250. The van der Waals surface area contributed by atoms with Crippen molar-refractivity contribution >= 4 is 11.0 Å². The molecule has 0 fully saturated rings. The molecule has 0 amide bonds. The van der Waals surface area contributed by atoms with Crippen LogP contribution in [0.3, 0.4) is 0 Å². The Balaban J connectivity index is 1.39. The fourth-order valence-corrected chi connectivity index (χ4v) is 3.60. The van der Waals surface area contributed by atoms with E-state index in [1.807, 2.05) is 18.3 Å². The van der Waals surface area contributed by atoms with Crippen LogP contribution in [0.15, 0.2) is 77.7 Å². The van der Waals surface area contributed by atoms with E-state index >= 15 is 0 Å². The van der Waals surface area contributed by atoms with E-state index in [0.717, 1.165) is 43.0 Å². The molecule has 0 saturated heterocycles. The van der Waals surface area contributed by atoms with E-state index in [1.165, 1.54) is 11.1 Å². The van der Waals surface area contributed by atoms with E-state index in [-0.39, 0.29) is 5.56 Å². The largest absolute Gasteiger partial charge is 0.327 e. The SMILES string of the molecule is CCCn1c(CNCc2ccc(Cn3ccccc3=O)cc2)nc2ccccc21. The van der Waals surface area contributed by atoms with Crippen molar-refractivity contribution in [1.82, 2.24) is 19.4 Å². The zero-order chi connectivity index (χ0) is 20.1. The van der Waals surface area contributed by atoms with Crippen LogP contribution in [0.1, 0.15) is 30.3 Å². The van der Waals surface area contributed by atoms with Gasteiger partial charge in [-0.1, -0.05) is 49.4 Å². The lowest BCUT2D eigenvalue weighted by Crippen LogP contribution is -2.18. The quantitative estimate of drug-likeness (QED) is 0.499. The minimum absolute atomic E-state index is 0.0215. The number of rotatable bonds is 8. The molecule has 0 aliphatic carbocycles. The average molecular weight is 386 g/mol. The van der Waals surface area contributed by atoms with E-state index in [2.05, 4.69) is 59.3 Å². The number of nitrogens with one attached hydrogen (secondary N) is 1. The maximum Gasteiger partial charge on any atom is 0.250 e. The van der Waals surface area contributed by atoms with Crippen LogP contribution in [0.25, 0.3) is 11.0 Å². The van der Waals surface area contributed by atoms with Crippen molar-refractivity contribution in [2.45, 2.75) is 39.5 Å². The summed E-state index contributed by atoms with van der Waals surface area (Å²) < 4.78 is 4.02. The van der Waals surface area contributed by atoms with Crippen molar-refractivity contribution in [3.63, 3.8) is 0 Å². The van der Waals surface area contributed by atoms with Crippen molar-refractivity contribution in [3.05, 3.63) is 100 Å². The first-order chi connectivity index (χ1) is 14.2. The summed E-state index contributed by atoms with van der Waals surface area (Å²) in [6.45, 7) is 5.27. The van der Waals surface area contributed by atoms with Gasteiger partial charge in [0.2, 0.25) is 0 Å². The Morgan fingerprint density at radius 2 is 1.66 bits per heavy atom. The maximum absolute atomic E-state index is 11.9. The molecule has 0 aliphatic heterocycles. The molecule has 29 heavy (non-hydrogen) atoms. The van der Waals surface area contributed by atoms with Gasteiger partial charge in [0.15, 0.2) is 0 Å². The minimum atomic E-state index is 0.0215. The Morgan fingerprint density at radius 3 is 2.45 bits per heavy atom. The third-order valence-electron chi connectivity index (χ3n) is 5.07. The Bertz CT molecular complexity index is 1140. The van der Waals surface area contributed by atoms with Gasteiger partial charge < -0.3 is 14.5 Å². The highest BCUT2D eigenvalue weighted by Crippen LogP contribution is 2.16. The van der Waals surface area contributed by atoms with Crippen molar-refractivity contribution in [2.24, 2.45) is 0 Å². The first-order valence-corrected chi connectivity index (χ1v) is 10.1. The van der Waals surface area contributed by atoms with E-state index in [4.69, 9.17) is 4.98 Å². The third kappa shape index (κ3) is 4.46. The van der Waals surface area contributed by atoms with Gasteiger partial charge in [0.25, 0.3) is 5.56 Å². The molecule has 0 spiro atoms. The van der Waals surface area contributed by atoms with Gasteiger partial charge >= 0.3 is 0 Å². The lowest BCUT2D eigenvalue weighted by molar-refractivity contribution is 0.598. The molecule has 2 aromatic heterocycles. The highest BCUT2D eigenvalue weighted by molar-refractivity contribution is 5.75. The molecule has 2 aromatic carbocycles. The van der Waals surface area contributed by atoms with Crippen molar-refractivity contribution in [2.75, 3.05) is 0 Å². The van der Waals surface area contributed by atoms with Gasteiger partial charge in [0.1, 0.15) is 5.82 Å². The zero-order valence-corrected chi connectivity index (χ0v) is 16.7. The van der Waals surface area contributed by atoms with Crippen LogP contribution in [-0.2, 0) is 26.2 Å². The highest BCUT2D eigenvalue weighted by atomic mass is 16.1. The number of benzene rings is 2. The molecule has 1 N–H and O–H groups in total. The normalized spacial score (nSPS) is 11.2. The number of fused-ring (bicyclic) bond motifs is 1. The van der Waals surface area contributed by atoms with Crippen LogP contribution < -0.4 is 10.9 Å². The molecule has 5 nitrogen and oxygen atoms in total. The second-order valence-corrected chi connectivity index (χ2v) is 7.26. The molecule has 0 radical (unpaired) electrons. The smallest absolute Gasteiger partial charge is 0.250 e. The summed E-state index contributed by atoms with van der Waals surface area (Å²) in [4.78, 5) is 16.7. The van der Waals surface area contributed by atoms with Crippen LogP contribution in [0, 0.1) is 0 Å². The molecule has 0 unspecified atom stereocenters. The van der Waals surface area contributed by atoms with Crippen molar-refractivity contribution < 1.29 is 0 Å². The molecule has 0 bridgehead atoms. The Morgan fingerprint density at radius 1 is 0.897 bits per heavy atom. The molecule has 4 rings (SSSR count). The first-order valence-electron chi connectivity index (χ1n) is 10.1. The van der Waals surface area contributed by atoms with Crippen LogP contribution in [0.4, 0.5) is 0 Å². The van der Waals surface area contributed by atoms with Crippen LogP contribution in [0.2, 0.25) is 0 Å². The summed E-state index contributed by atoms with van der Waals surface area (Å²) in [6, 6.07) is 22.0. The lowest BCUT2D eigenvalue weighted by Gasteiger charge is -2.10. The summed E-state index contributed by atoms with van der Waals surface area (Å²) in [5, 5.41) is 3.52. The number of imidazole rings is 1. The molecule has 2 heterocycles. The van der Waals surface area contributed by atoms with Gasteiger partial charge in [-0.3, -0.25) is 4.79 Å². The van der Waals surface area contributed by atoms with E-state index in [0.29, 0.717) is 6.54 Å². The molecule has 0 aliphatic rings. The van der Waals surface area contributed by atoms with Gasteiger partial charge in [-0.25, -0.2) is 4.98 Å². The number of hydrogen-bond acceptors (Lipinski definition) is 3. The number of nitrogens with zero attached hydrogens (tertiary/aromatic N) is 3. The first kappa shape index (κ1) is 19.2. The Hall–Kier alpha value is -3.18. The molecular formula is C24H26N4O. The monoisotopic (exact) mass is 386 g/mol. The average Bonchev–Trinajstić information content (AvgIpc) is 3.09. The van der Waals surface area contributed by atoms with Gasteiger partial charge in [0.05, 0.1) is 24.1 Å². The predicted molar refractivity (Wildman–Crippen MR) is 117 cm³/mol. The predicted octanol–water partition coefficient (Wildman–Crippen LogP) is 3.95. The molecule has 0 atom stereocenters. The standard InChI is InChI=1S/C24H26N4O/c1-2-14-28-22-8-4-3-7-21(22)26-23(28)17-25-16-19-10-12-20(13-11-19)18-27-15-6-5-9-24(27)29/h3-13,15,25H,2,14,16-18H2,1H3. The van der Waals surface area contributed by atoms with E-state index < -0.39 is 0 Å². The number of pyridine rings is 1. The molecular weight excluding hydrogens is 360 g/mol. The number of hydrogen-bond donors (Lipinski definition) is 1. The van der Waals surface area contributed by atoms with Gasteiger partial charge in [-0.05, 0) is 35.7 Å². The fourth-order valence-electron chi connectivity index (χ4n) is 3.60. The zero-order valence-electron chi connectivity index (χ0n) is 16.7. The minimum Gasteiger partial charge on any atom is -0.327 e. The van der Waals surface area contributed by atoms with E-state index in [1.54, 1.807) is 16.7 Å². The molecule has 5 heteroatoms. The summed E-state index contributed by atoms with van der Waals surface area (Å²) in [5.41, 5.74) is 4.61. The Labute approximate surface area is 170 Å². The maximum atomic E-state index is 11.9. The van der Waals surface area contributed by atoms with Crippen molar-refractivity contribution in [1.29, 1.82) is 0 Å². The number of para-hydroxylation sites is 2. The van der Waals surface area contributed by atoms with Gasteiger partial charge in [-0.15, -0.1) is 0 Å². The second kappa shape index (κ2) is 8.88. The number of aryl methyl sites for hydroxylation is 1. The summed E-state index contributed by atoms with van der Waals surface area (Å²) in [7, 11) is 0. The summed E-state index contributed by atoms with van der Waals surface area (Å²) in [5.74, 6) is 1.08. The third-order valence-corrected chi connectivity index (χ3v) is 5.07. The van der Waals surface area contributed by atoms with E-state index in [9.17, 15) is 4.79 Å². The van der Waals surface area contributed by atoms with Crippen LogP contribution >= 0.6 is 0 Å². The molecule has 148 valence electrons. The Kier molecular flexibility index (Phi) is 5.86.